The highest BCUT2D eigenvalue weighted by molar-refractivity contribution is 5.76. The summed E-state index contributed by atoms with van der Waals surface area (Å²) in [5.74, 6) is 0.953. The Morgan fingerprint density at radius 1 is 1.09 bits per heavy atom. The second kappa shape index (κ2) is 8.17. The third-order valence-corrected chi connectivity index (χ3v) is 3.54. The number of carbonyl (C=O) groups excluding carboxylic acids is 1. The molecule has 2 aromatic carbocycles. The first-order valence-electron chi connectivity index (χ1n) is 7.35. The SMILES string of the molecule is COc1ccc(OC)c(CNC(=O)CCc2ccccc2F)c1. The minimum Gasteiger partial charge on any atom is -0.497 e. The fourth-order valence-electron chi connectivity index (χ4n) is 2.25. The Kier molecular flexibility index (Phi) is 5.97. The molecule has 1 amide bonds. The molecule has 2 rings (SSSR count). The lowest BCUT2D eigenvalue weighted by Crippen LogP contribution is -2.23. The second-order valence-corrected chi connectivity index (χ2v) is 5.05. The predicted octanol–water partition coefficient (Wildman–Crippen LogP) is 3.09. The molecule has 2 aromatic rings. The summed E-state index contributed by atoms with van der Waals surface area (Å²) in [6.45, 7) is 0.330. The molecule has 0 aromatic heterocycles. The summed E-state index contributed by atoms with van der Waals surface area (Å²) in [5, 5.41) is 2.82. The molecule has 0 bridgehead atoms. The Labute approximate surface area is 135 Å². The lowest BCUT2D eigenvalue weighted by molar-refractivity contribution is -0.121. The molecule has 0 heterocycles. The van der Waals surface area contributed by atoms with Crippen LogP contribution in [0.4, 0.5) is 4.39 Å². The number of rotatable bonds is 7. The van der Waals surface area contributed by atoms with E-state index in [2.05, 4.69) is 5.32 Å². The average molecular weight is 317 g/mol. The van der Waals surface area contributed by atoms with Gasteiger partial charge in [-0.2, -0.15) is 0 Å². The number of hydrogen-bond donors (Lipinski definition) is 1. The van der Waals surface area contributed by atoms with Gasteiger partial charge in [0.2, 0.25) is 5.91 Å². The average Bonchev–Trinajstić information content (AvgIpc) is 2.58. The van der Waals surface area contributed by atoms with Gasteiger partial charge in [-0.05, 0) is 36.2 Å². The fourth-order valence-corrected chi connectivity index (χ4v) is 2.25. The van der Waals surface area contributed by atoms with E-state index in [9.17, 15) is 9.18 Å². The molecule has 0 radical (unpaired) electrons. The monoisotopic (exact) mass is 317 g/mol. The number of methoxy groups -OCH3 is 2. The van der Waals surface area contributed by atoms with Crippen LogP contribution in [-0.4, -0.2) is 20.1 Å². The molecule has 0 aliphatic rings. The van der Waals surface area contributed by atoms with Crippen molar-refractivity contribution in [3.05, 3.63) is 59.4 Å². The van der Waals surface area contributed by atoms with Gasteiger partial charge in [-0.25, -0.2) is 4.39 Å². The van der Waals surface area contributed by atoms with E-state index < -0.39 is 0 Å². The molecular weight excluding hydrogens is 297 g/mol. The zero-order valence-electron chi connectivity index (χ0n) is 13.3. The molecule has 0 aliphatic heterocycles. The molecule has 0 atom stereocenters. The van der Waals surface area contributed by atoms with Gasteiger partial charge in [-0.15, -0.1) is 0 Å². The molecule has 0 aliphatic carbocycles. The molecule has 4 nitrogen and oxygen atoms in total. The maximum absolute atomic E-state index is 13.5. The Hall–Kier alpha value is -2.56. The molecule has 1 N–H and O–H groups in total. The van der Waals surface area contributed by atoms with Crippen molar-refractivity contribution in [1.29, 1.82) is 0 Å². The van der Waals surface area contributed by atoms with Gasteiger partial charge in [0.25, 0.3) is 0 Å². The van der Waals surface area contributed by atoms with E-state index >= 15 is 0 Å². The lowest BCUT2D eigenvalue weighted by Gasteiger charge is -2.11. The van der Waals surface area contributed by atoms with Crippen LogP contribution in [-0.2, 0) is 17.8 Å². The highest BCUT2D eigenvalue weighted by Crippen LogP contribution is 2.23. The summed E-state index contributed by atoms with van der Waals surface area (Å²) in [5.41, 5.74) is 1.37. The lowest BCUT2D eigenvalue weighted by atomic mass is 10.1. The van der Waals surface area contributed by atoms with Crippen LogP contribution in [0.15, 0.2) is 42.5 Å². The highest BCUT2D eigenvalue weighted by atomic mass is 19.1. The first-order chi connectivity index (χ1) is 11.1. The zero-order chi connectivity index (χ0) is 16.7. The normalized spacial score (nSPS) is 10.2. The number of benzene rings is 2. The second-order valence-electron chi connectivity index (χ2n) is 5.05. The summed E-state index contributed by atoms with van der Waals surface area (Å²) >= 11 is 0. The molecular formula is C18H20FNO3. The third-order valence-electron chi connectivity index (χ3n) is 3.54. The number of aryl methyl sites for hydroxylation is 1. The number of nitrogens with one attached hydrogen (secondary N) is 1. The van der Waals surface area contributed by atoms with Crippen molar-refractivity contribution in [2.24, 2.45) is 0 Å². The van der Waals surface area contributed by atoms with E-state index in [1.807, 2.05) is 6.07 Å². The van der Waals surface area contributed by atoms with Gasteiger partial charge < -0.3 is 14.8 Å². The van der Waals surface area contributed by atoms with Gasteiger partial charge in [-0.1, -0.05) is 18.2 Å². The van der Waals surface area contributed by atoms with Crippen molar-refractivity contribution in [3.8, 4) is 11.5 Å². The van der Waals surface area contributed by atoms with Gasteiger partial charge in [0.05, 0.1) is 14.2 Å². The molecule has 0 fully saturated rings. The summed E-state index contributed by atoms with van der Waals surface area (Å²) in [4.78, 5) is 11.9. The molecule has 0 saturated heterocycles. The van der Waals surface area contributed by atoms with Crippen molar-refractivity contribution in [2.75, 3.05) is 14.2 Å². The van der Waals surface area contributed by atoms with Gasteiger partial charge in [-0.3, -0.25) is 4.79 Å². The summed E-state index contributed by atoms with van der Waals surface area (Å²) < 4.78 is 23.9. The van der Waals surface area contributed by atoms with Crippen LogP contribution in [0.3, 0.4) is 0 Å². The summed E-state index contributed by atoms with van der Waals surface area (Å²) in [7, 11) is 3.16. The van der Waals surface area contributed by atoms with Crippen molar-refractivity contribution in [1.82, 2.24) is 5.32 Å². The number of carbonyl (C=O) groups is 1. The van der Waals surface area contributed by atoms with Crippen LogP contribution in [0.25, 0.3) is 0 Å². The van der Waals surface area contributed by atoms with E-state index in [1.165, 1.54) is 6.07 Å². The minimum atomic E-state index is -0.283. The molecule has 122 valence electrons. The molecule has 23 heavy (non-hydrogen) atoms. The Morgan fingerprint density at radius 2 is 1.87 bits per heavy atom. The molecule has 0 saturated carbocycles. The van der Waals surface area contributed by atoms with Gasteiger partial charge in [0.15, 0.2) is 0 Å². The van der Waals surface area contributed by atoms with E-state index in [0.717, 1.165) is 5.56 Å². The standard InChI is InChI=1S/C18H20FNO3/c1-22-15-8-9-17(23-2)14(11-15)12-20-18(21)10-7-13-5-3-4-6-16(13)19/h3-6,8-9,11H,7,10,12H2,1-2H3,(H,20,21). The maximum Gasteiger partial charge on any atom is 0.220 e. The van der Waals surface area contributed by atoms with Crippen LogP contribution >= 0.6 is 0 Å². The van der Waals surface area contributed by atoms with Crippen molar-refractivity contribution in [3.63, 3.8) is 0 Å². The Bertz CT molecular complexity index is 673. The van der Waals surface area contributed by atoms with Crippen LogP contribution in [0.1, 0.15) is 17.5 Å². The Balaban J connectivity index is 1.90. The first-order valence-corrected chi connectivity index (χ1v) is 7.35. The fraction of sp³-hybridized carbons (Fsp3) is 0.278. The van der Waals surface area contributed by atoms with Gasteiger partial charge >= 0.3 is 0 Å². The third kappa shape index (κ3) is 4.71. The number of hydrogen-bond acceptors (Lipinski definition) is 3. The zero-order valence-corrected chi connectivity index (χ0v) is 13.3. The molecule has 5 heteroatoms. The number of ether oxygens (including phenoxy) is 2. The quantitative estimate of drug-likeness (QED) is 0.853. The largest absolute Gasteiger partial charge is 0.497 e. The highest BCUT2D eigenvalue weighted by Gasteiger charge is 2.09. The van der Waals surface area contributed by atoms with Crippen LogP contribution < -0.4 is 14.8 Å². The van der Waals surface area contributed by atoms with Gasteiger partial charge in [0, 0.05) is 18.5 Å². The van der Waals surface area contributed by atoms with E-state index in [0.29, 0.717) is 30.0 Å². The number of halogens is 1. The van der Waals surface area contributed by atoms with Crippen molar-refractivity contribution in [2.45, 2.75) is 19.4 Å². The molecule has 0 spiro atoms. The van der Waals surface area contributed by atoms with E-state index in [1.54, 1.807) is 44.6 Å². The summed E-state index contributed by atoms with van der Waals surface area (Å²) in [6, 6.07) is 11.9. The summed E-state index contributed by atoms with van der Waals surface area (Å²) in [6.07, 6.45) is 0.598. The van der Waals surface area contributed by atoms with Crippen LogP contribution in [0.2, 0.25) is 0 Å². The van der Waals surface area contributed by atoms with Crippen LogP contribution in [0, 0.1) is 5.82 Å². The van der Waals surface area contributed by atoms with Crippen molar-refractivity contribution >= 4 is 5.91 Å². The first kappa shape index (κ1) is 16.8. The maximum atomic E-state index is 13.5. The smallest absolute Gasteiger partial charge is 0.220 e. The molecule has 0 unspecified atom stereocenters. The van der Waals surface area contributed by atoms with Gasteiger partial charge in [0.1, 0.15) is 17.3 Å². The van der Waals surface area contributed by atoms with E-state index in [4.69, 9.17) is 9.47 Å². The number of amides is 1. The Morgan fingerprint density at radius 3 is 2.57 bits per heavy atom. The van der Waals surface area contributed by atoms with Crippen molar-refractivity contribution < 1.29 is 18.7 Å². The topological polar surface area (TPSA) is 47.6 Å². The minimum absolute atomic E-state index is 0.141. The van der Waals surface area contributed by atoms with E-state index in [-0.39, 0.29) is 18.1 Å². The predicted molar refractivity (Wildman–Crippen MR) is 86.1 cm³/mol. The van der Waals surface area contributed by atoms with Crippen LogP contribution in [0.5, 0.6) is 11.5 Å².